The van der Waals surface area contributed by atoms with Crippen LogP contribution in [0.2, 0.25) is 0 Å². The van der Waals surface area contributed by atoms with Gasteiger partial charge in [-0.2, -0.15) is 0 Å². The summed E-state index contributed by atoms with van der Waals surface area (Å²) in [7, 11) is 0. The molecule has 0 radical (unpaired) electrons. The first-order valence-electron chi connectivity index (χ1n) is 14.1. The number of rotatable bonds is 3. The molecule has 0 unspecified atom stereocenters. The molecule has 0 N–H and O–H groups in total. The Labute approximate surface area is 228 Å². The zero-order valence-electron chi connectivity index (χ0n) is 22.3. The molecule has 0 bridgehead atoms. The molecular formula is C38H29N. The van der Waals surface area contributed by atoms with Gasteiger partial charge in [-0.15, -0.1) is 0 Å². The van der Waals surface area contributed by atoms with Gasteiger partial charge in [-0.1, -0.05) is 111 Å². The van der Waals surface area contributed by atoms with Gasteiger partial charge in [0.1, 0.15) is 0 Å². The highest BCUT2D eigenvalue weighted by molar-refractivity contribution is 6.29. The molecule has 186 valence electrons. The van der Waals surface area contributed by atoms with Gasteiger partial charge in [0.2, 0.25) is 0 Å². The molecule has 1 aliphatic rings. The van der Waals surface area contributed by atoms with Crippen LogP contribution in [-0.4, -0.2) is 4.98 Å². The summed E-state index contributed by atoms with van der Waals surface area (Å²) in [6.45, 7) is 4.71. The maximum atomic E-state index is 5.04. The quantitative estimate of drug-likeness (QED) is 0.220. The maximum Gasteiger partial charge on any atom is 0.0709 e. The molecule has 1 aromatic heterocycles. The molecule has 39 heavy (non-hydrogen) atoms. The molecule has 1 aliphatic carbocycles. The van der Waals surface area contributed by atoms with E-state index in [1.165, 1.54) is 65.5 Å². The van der Waals surface area contributed by atoms with Gasteiger partial charge >= 0.3 is 0 Å². The molecular weight excluding hydrogens is 470 g/mol. The summed E-state index contributed by atoms with van der Waals surface area (Å²) in [4.78, 5) is 5.04. The second-order valence-electron chi connectivity index (χ2n) is 10.9. The van der Waals surface area contributed by atoms with Crippen molar-refractivity contribution in [2.75, 3.05) is 0 Å². The summed E-state index contributed by atoms with van der Waals surface area (Å²) in [6, 6.07) is 42.5. The second-order valence-corrected chi connectivity index (χ2v) is 10.9. The van der Waals surface area contributed by atoms with E-state index in [2.05, 4.69) is 129 Å². The average molecular weight is 500 g/mol. The highest BCUT2D eigenvalue weighted by Crippen LogP contribution is 2.56. The number of hydrogen-bond donors (Lipinski definition) is 0. The first kappa shape index (κ1) is 22.5. The number of nitrogens with zero attached hydrogens (tertiary/aromatic N) is 1. The molecule has 7 aromatic rings. The van der Waals surface area contributed by atoms with E-state index in [1.807, 2.05) is 0 Å². The Morgan fingerprint density at radius 3 is 1.95 bits per heavy atom. The number of benzene rings is 6. The van der Waals surface area contributed by atoms with Crippen LogP contribution in [0.4, 0.5) is 0 Å². The topological polar surface area (TPSA) is 12.9 Å². The van der Waals surface area contributed by atoms with Gasteiger partial charge in [0.15, 0.2) is 0 Å². The number of hydrogen-bond acceptors (Lipinski definition) is 1. The van der Waals surface area contributed by atoms with Gasteiger partial charge < -0.3 is 0 Å². The Hall–Kier alpha value is -4.49. The predicted molar refractivity (Wildman–Crippen MR) is 166 cm³/mol. The van der Waals surface area contributed by atoms with Crippen molar-refractivity contribution in [3.05, 3.63) is 126 Å². The molecule has 0 aliphatic heterocycles. The van der Waals surface area contributed by atoms with Crippen molar-refractivity contribution in [3.63, 3.8) is 0 Å². The molecule has 1 heteroatoms. The van der Waals surface area contributed by atoms with Gasteiger partial charge in [0.25, 0.3) is 0 Å². The van der Waals surface area contributed by atoms with Gasteiger partial charge in [0.05, 0.1) is 11.2 Å². The Morgan fingerprint density at radius 1 is 0.564 bits per heavy atom. The predicted octanol–water partition coefficient (Wildman–Crippen LogP) is 10.4. The second kappa shape index (κ2) is 8.25. The minimum Gasteiger partial charge on any atom is -0.248 e. The molecule has 6 aromatic carbocycles. The van der Waals surface area contributed by atoms with Crippen LogP contribution in [0.15, 0.2) is 115 Å². The smallest absolute Gasteiger partial charge is 0.0709 e. The van der Waals surface area contributed by atoms with Gasteiger partial charge in [-0.25, -0.2) is 4.98 Å². The van der Waals surface area contributed by atoms with Crippen molar-refractivity contribution in [3.8, 4) is 22.4 Å². The zero-order chi connectivity index (χ0) is 26.1. The molecule has 1 nitrogen and oxygen atoms in total. The summed E-state index contributed by atoms with van der Waals surface area (Å²) >= 11 is 0. The minimum absolute atomic E-state index is 0.0154. The fourth-order valence-corrected chi connectivity index (χ4v) is 7.38. The van der Waals surface area contributed by atoms with E-state index in [4.69, 9.17) is 4.98 Å². The number of aromatic nitrogens is 1. The number of para-hydroxylation sites is 1. The van der Waals surface area contributed by atoms with Gasteiger partial charge in [-0.05, 0) is 85.6 Å². The maximum absolute atomic E-state index is 5.04. The van der Waals surface area contributed by atoms with Crippen LogP contribution < -0.4 is 0 Å². The Morgan fingerprint density at radius 2 is 1.21 bits per heavy atom. The lowest BCUT2D eigenvalue weighted by atomic mass is 9.73. The van der Waals surface area contributed by atoms with Crippen LogP contribution in [0.3, 0.4) is 0 Å². The Kier molecular flexibility index (Phi) is 4.76. The summed E-state index contributed by atoms with van der Waals surface area (Å²) in [5.74, 6) is 0. The monoisotopic (exact) mass is 499 g/mol. The minimum atomic E-state index is -0.0154. The average Bonchev–Trinajstić information content (AvgIpc) is 3.30. The van der Waals surface area contributed by atoms with Crippen LogP contribution in [0.1, 0.15) is 37.8 Å². The molecule has 0 fully saturated rings. The lowest BCUT2D eigenvalue weighted by molar-refractivity contribution is 0.491. The number of fused-ring (bicyclic) bond motifs is 11. The third kappa shape index (κ3) is 2.99. The van der Waals surface area contributed by atoms with E-state index in [-0.39, 0.29) is 5.41 Å². The van der Waals surface area contributed by atoms with Crippen LogP contribution in [0.5, 0.6) is 0 Å². The zero-order valence-corrected chi connectivity index (χ0v) is 22.3. The molecule has 0 atom stereocenters. The molecule has 8 rings (SSSR count). The van der Waals surface area contributed by atoms with Crippen molar-refractivity contribution < 1.29 is 0 Å². The molecule has 0 spiro atoms. The van der Waals surface area contributed by atoms with Crippen LogP contribution in [-0.2, 0) is 5.41 Å². The van der Waals surface area contributed by atoms with E-state index >= 15 is 0 Å². The molecule has 0 saturated carbocycles. The van der Waals surface area contributed by atoms with Gasteiger partial charge in [-0.3, -0.25) is 0 Å². The fourth-order valence-electron chi connectivity index (χ4n) is 7.38. The number of pyridine rings is 1. The first-order valence-corrected chi connectivity index (χ1v) is 14.1. The van der Waals surface area contributed by atoms with Crippen molar-refractivity contribution in [2.45, 2.75) is 32.1 Å². The van der Waals surface area contributed by atoms with E-state index in [0.717, 1.165) is 24.1 Å². The third-order valence-corrected chi connectivity index (χ3v) is 9.33. The van der Waals surface area contributed by atoms with Crippen molar-refractivity contribution in [2.24, 2.45) is 0 Å². The van der Waals surface area contributed by atoms with E-state index in [1.54, 1.807) is 0 Å². The van der Waals surface area contributed by atoms with Crippen LogP contribution in [0, 0.1) is 0 Å². The van der Waals surface area contributed by atoms with Crippen molar-refractivity contribution in [1.82, 2.24) is 4.98 Å². The van der Waals surface area contributed by atoms with E-state index in [0.29, 0.717) is 0 Å². The lowest BCUT2D eigenvalue weighted by Gasteiger charge is -2.30. The van der Waals surface area contributed by atoms with Crippen LogP contribution >= 0.6 is 0 Å². The summed E-state index contributed by atoms with van der Waals surface area (Å²) < 4.78 is 0. The standard InChI is InChI=1S/C38H29N/c1-3-38(4-2)32-21-20-30-28-14-7-6-12-26(28)27-13-8-9-15-29(27)36(30)37(32)31-19-17-25(23-33(31)38)35-22-18-24-11-5-10-16-34(24)39-35/h5-23H,3-4H2,1-2H3. The molecule has 1 heterocycles. The molecule has 0 saturated heterocycles. The van der Waals surface area contributed by atoms with Crippen molar-refractivity contribution >= 4 is 43.2 Å². The van der Waals surface area contributed by atoms with Gasteiger partial charge in [0, 0.05) is 16.4 Å². The highest BCUT2D eigenvalue weighted by atomic mass is 14.7. The third-order valence-electron chi connectivity index (χ3n) is 9.33. The first-order chi connectivity index (χ1) is 19.2. The molecule has 0 amide bonds. The summed E-state index contributed by atoms with van der Waals surface area (Å²) in [5, 5.41) is 9.25. The van der Waals surface area contributed by atoms with E-state index in [9.17, 15) is 0 Å². The summed E-state index contributed by atoms with van der Waals surface area (Å²) in [6.07, 6.45) is 2.13. The summed E-state index contributed by atoms with van der Waals surface area (Å²) in [5.41, 5.74) is 8.97. The Bertz CT molecular complexity index is 2060. The Balaban J connectivity index is 1.47. The largest absolute Gasteiger partial charge is 0.248 e. The fraction of sp³-hybridized carbons (Fsp3) is 0.132. The van der Waals surface area contributed by atoms with Crippen molar-refractivity contribution in [1.29, 1.82) is 0 Å². The highest BCUT2D eigenvalue weighted by Gasteiger charge is 2.41. The SMILES string of the molecule is CCC1(CC)c2cc(-c3ccc4ccccc4n3)ccc2-c2c1ccc1c3ccccc3c3ccccc3c21. The van der Waals surface area contributed by atoms with Crippen LogP contribution in [0.25, 0.3) is 65.6 Å². The lowest BCUT2D eigenvalue weighted by Crippen LogP contribution is -2.23. The normalized spacial score (nSPS) is 13.8. The van der Waals surface area contributed by atoms with E-state index < -0.39 is 0 Å².